The van der Waals surface area contributed by atoms with E-state index in [2.05, 4.69) is 37.3 Å². The number of carbonyl (C=O) groups is 1. The maximum Gasteiger partial charge on any atom is 0.356 e. The largest absolute Gasteiger partial charge is 0.488 e. The molecule has 3 heterocycles. The Morgan fingerprint density at radius 3 is 2.68 bits per heavy atom. The molecular formula is C25H29N5O4. The van der Waals surface area contributed by atoms with Crippen LogP contribution in [0.3, 0.4) is 0 Å². The van der Waals surface area contributed by atoms with E-state index in [1.807, 2.05) is 12.1 Å². The number of nitrogens with one attached hydrogen (secondary N) is 1. The Balaban J connectivity index is 1.25. The van der Waals surface area contributed by atoms with Gasteiger partial charge in [-0.1, -0.05) is 6.07 Å². The fraction of sp³-hybridized carbons (Fsp3) is 0.440. The summed E-state index contributed by atoms with van der Waals surface area (Å²) in [4.78, 5) is 27.5. The number of morpholine rings is 1. The molecule has 1 saturated carbocycles. The summed E-state index contributed by atoms with van der Waals surface area (Å²) in [5, 5.41) is 3.45. The fourth-order valence-electron chi connectivity index (χ4n) is 4.57. The second-order valence-electron chi connectivity index (χ2n) is 8.60. The molecule has 2 aromatic heterocycles. The number of benzene rings is 1. The van der Waals surface area contributed by atoms with Crippen molar-refractivity contribution in [3.05, 3.63) is 48.4 Å². The summed E-state index contributed by atoms with van der Waals surface area (Å²) in [7, 11) is 1.36. The first-order valence-electron chi connectivity index (χ1n) is 11.8. The molecule has 34 heavy (non-hydrogen) atoms. The minimum Gasteiger partial charge on any atom is -0.488 e. The van der Waals surface area contributed by atoms with Crippen molar-refractivity contribution in [2.75, 3.05) is 43.6 Å². The van der Waals surface area contributed by atoms with Gasteiger partial charge in [-0.2, -0.15) is 0 Å². The van der Waals surface area contributed by atoms with E-state index in [1.165, 1.54) is 7.11 Å². The topological polar surface area (TPSA) is 98.7 Å². The van der Waals surface area contributed by atoms with Gasteiger partial charge in [-0.3, -0.25) is 4.98 Å². The maximum absolute atomic E-state index is 11.7. The van der Waals surface area contributed by atoms with Crippen molar-refractivity contribution < 1.29 is 19.0 Å². The smallest absolute Gasteiger partial charge is 0.356 e. The number of carbonyl (C=O) groups excluding carboxylic acids is 1. The van der Waals surface area contributed by atoms with Gasteiger partial charge in [0.2, 0.25) is 0 Å². The number of nitrogens with zero attached hydrogens (tertiary/aromatic N) is 4. The van der Waals surface area contributed by atoms with E-state index in [1.54, 1.807) is 18.5 Å². The Bertz CT molecular complexity index is 1140. The quantitative estimate of drug-likeness (QED) is 0.551. The monoisotopic (exact) mass is 463 g/mol. The number of anilines is 2. The van der Waals surface area contributed by atoms with E-state index >= 15 is 0 Å². The van der Waals surface area contributed by atoms with E-state index in [4.69, 9.17) is 14.2 Å². The molecule has 0 unspecified atom stereocenters. The van der Waals surface area contributed by atoms with E-state index in [0.29, 0.717) is 11.5 Å². The molecule has 9 heteroatoms. The van der Waals surface area contributed by atoms with Crippen molar-refractivity contribution in [2.24, 2.45) is 0 Å². The van der Waals surface area contributed by atoms with Crippen molar-refractivity contribution >= 4 is 28.5 Å². The summed E-state index contributed by atoms with van der Waals surface area (Å²) >= 11 is 0. The van der Waals surface area contributed by atoms with Gasteiger partial charge in [0.25, 0.3) is 0 Å². The molecule has 1 saturated heterocycles. The summed E-state index contributed by atoms with van der Waals surface area (Å²) in [6, 6.07) is 9.78. The second kappa shape index (κ2) is 10.2. The molecule has 0 amide bonds. The second-order valence-corrected chi connectivity index (χ2v) is 8.60. The number of hydrogen-bond donors (Lipinski definition) is 1. The molecule has 0 radical (unpaired) electrons. The van der Waals surface area contributed by atoms with Crippen LogP contribution in [0, 0.1) is 0 Å². The highest BCUT2D eigenvalue weighted by molar-refractivity contribution is 5.87. The normalized spacial score (nSPS) is 20.7. The molecule has 1 aliphatic heterocycles. The third-order valence-electron chi connectivity index (χ3n) is 6.36. The summed E-state index contributed by atoms with van der Waals surface area (Å²) in [6.07, 6.45) is 7.26. The Hall–Kier alpha value is -3.46. The first-order chi connectivity index (χ1) is 16.7. The SMILES string of the molecule is COC(=O)c1cccc(NC2CCC(Oc3cc(N4CCOCC4)cc4nccnc34)CC2)n1. The Morgan fingerprint density at radius 1 is 1.09 bits per heavy atom. The first-order valence-corrected chi connectivity index (χ1v) is 11.8. The van der Waals surface area contributed by atoms with Gasteiger partial charge in [0.1, 0.15) is 17.1 Å². The summed E-state index contributed by atoms with van der Waals surface area (Å²) < 4.78 is 16.8. The lowest BCUT2D eigenvalue weighted by molar-refractivity contribution is 0.0594. The lowest BCUT2D eigenvalue weighted by Gasteiger charge is -2.31. The van der Waals surface area contributed by atoms with Crippen LogP contribution in [0.1, 0.15) is 36.2 Å². The standard InChI is InChI=1S/C25H29N5O4/c1-32-25(31)20-3-2-4-23(29-20)28-17-5-7-19(8-6-17)34-22-16-18(30-11-13-33-14-12-30)15-21-24(22)27-10-9-26-21/h2-4,9-10,15-17,19H,5-8,11-14H2,1H3,(H,28,29). The number of pyridine rings is 1. The predicted molar refractivity (Wildman–Crippen MR) is 128 cm³/mol. The van der Waals surface area contributed by atoms with Crippen LogP contribution in [0.25, 0.3) is 11.0 Å². The van der Waals surface area contributed by atoms with Crippen LogP contribution in [0.2, 0.25) is 0 Å². The fourth-order valence-corrected chi connectivity index (χ4v) is 4.57. The average molecular weight is 464 g/mol. The number of esters is 1. The Morgan fingerprint density at radius 2 is 1.88 bits per heavy atom. The van der Waals surface area contributed by atoms with E-state index in [-0.39, 0.29) is 12.1 Å². The van der Waals surface area contributed by atoms with Gasteiger partial charge in [0.15, 0.2) is 5.69 Å². The van der Waals surface area contributed by atoms with E-state index in [0.717, 1.165) is 74.5 Å². The average Bonchev–Trinajstić information content (AvgIpc) is 2.90. The molecule has 0 atom stereocenters. The van der Waals surface area contributed by atoms with Gasteiger partial charge in [0, 0.05) is 43.3 Å². The molecule has 9 nitrogen and oxygen atoms in total. The summed E-state index contributed by atoms with van der Waals surface area (Å²) in [5.41, 5.74) is 3.04. The van der Waals surface area contributed by atoms with Crippen molar-refractivity contribution in [3.8, 4) is 5.75 Å². The van der Waals surface area contributed by atoms with Crippen molar-refractivity contribution in [2.45, 2.75) is 37.8 Å². The van der Waals surface area contributed by atoms with Crippen LogP contribution in [0.15, 0.2) is 42.7 Å². The number of fused-ring (bicyclic) bond motifs is 1. The van der Waals surface area contributed by atoms with Gasteiger partial charge in [-0.15, -0.1) is 0 Å². The molecule has 1 aliphatic carbocycles. The molecule has 1 aromatic carbocycles. The molecule has 178 valence electrons. The molecule has 2 aliphatic rings. The molecule has 3 aromatic rings. The van der Waals surface area contributed by atoms with Gasteiger partial charge in [0.05, 0.1) is 31.9 Å². The number of aromatic nitrogens is 3. The lowest BCUT2D eigenvalue weighted by atomic mass is 9.93. The first kappa shape index (κ1) is 22.3. The zero-order valence-corrected chi connectivity index (χ0v) is 19.3. The highest BCUT2D eigenvalue weighted by Gasteiger charge is 2.24. The Labute approximate surface area is 198 Å². The minimum absolute atomic E-state index is 0.109. The molecule has 0 bridgehead atoms. The minimum atomic E-state index is -0.435. The highest BCUT2D eigenvalue weighted by atomic mass is 16.5. The summed E-state index contributed by atoms with van der Waals surface area (Å²) in [5.74, 6) is 1.04. The lowest BCUT2D eigenvalue weighted by Crippen LogP contribution is -2.36. The van der Waals surface area contributed by atoms with E-state index in [9.17, 15) is 4.79 Å². The number of rotatable bonds is 6. The van der Waals surface area contributed by atoms with Crippen LogP contribution in [0.4, 0.5) is 11.5 Å². The van der Waals surface area contributed by atoms with Crippen LogP contribution >= 0.6 is 0 Å². The van der Waals surface area contributed by atoms with Gasteiger partial charge in [-0.05, 0) is 43.9 Å². The number of hydrogen-bond acceptors (Lipinski definition) is 9. The van der Waals surface area contributed by atoms with Crippen LogP contribution in [0.5, 0.6) is 5.75 Å². The third-order valence-corrected chi connectivity index (χ3v) is 6.36. The van der Waals surface area contributed by atoms with Gasteiger partial charge < -0.3 is 24.4 Å². The Kier molecular flexibility index (Phi) is 6.71. The number of methoxy groups -OCH3 is 1. The van der Waals surface area contributed by atoms with Crippen LogP contribution in [-0.4, -0.2) is 66.5 Å². The zero-order chi connectivity index (χ0) is 23.3. The van der Waals surface area contributed by atoms with Gasteiger partial charge >= 0.3 is 5.97 Å². The van der Waals surface area contributed by atoms with Crippen molar-refractivity contribution in [1.29, 1.82) is 0 Å². The number of ether oxygens (including phenoxy) is 3. The molecule has 5 rings (SSSR count). The van der Waals surface area contributed by atoms with Crippen molar-refractivity contribution in [1.82, 2.24) is 15.0 Å². The van der Waals surface area contributed by atoms with Crippen LogP contribution < -0.4 is 15.0 Å². The molecule has 2 fully saturated rings. The maximum atomic E-state index is 11.7. The zero-order valence-electron chi connectivity index (χ0n) is 19.3. The predicted octanol–water partition coefficient (Wildman–Crippen LogP) is 3.45. The molecular weight excluding hydrogens is 434 g/mol. The third kappa shape index (κ3) is 5.04. The highest BCUT2D eigenvalue weighted by Crippen LogP contribution is 2.33. The van der Waals surface area contributed by atoms with Crippen LogP contribution in [-0.2, 0) is 9.47 Å². The summed E-state index contributed by atoms with van der Waals surface area (Å²) in [6.45, 7) is 3.16. The molecule has 1 N–H and O–H groups in total. The molecule has 0 spiro atoms. The van der Waals surface area contributed by atoms with Crippen molar-refractivity contribution in [3.63, 3.8) is 0 Å². The van der Waals surface area contributed by atoms with E-state index < -0.39 is 5.97 Å². The van der Waals surface area contributed by atoms with Gasteiger partial charge in [-0.25, -0.2) is 14.8 Å².